The van der Waals surface area contributed by atoms with Crippen molar-refractivity contribution in [2.24, 2.45) is 0 Å². The minimum Gasteiger partial charge on any atom is -0.342 e. The summed E-state index contributed by atoms with van der Waals surface area (Å²) in [7, 11) is -3.22. The molecule has 1 aliphatic rings. The summed E-state index contributed by atoms with van der Waals surface area (Å²) in [5, 5.41) is 0. The predicted octanol–water partition coefficient (Wildman–Crippen LogP) is 1.83. The van der Waals surface area contributed by atoms with Gasteiger partial charge < -0.3 is 4.90 Å². The number of amides is 1. The number of hydrogen-bond donors (Lipinski definition) is 0. The molecule has 0 N–H and O–H groups in total. The lowest BCUT2D eigenvalue weighted by atomic mass is 9.89. The second-order valence-corrected chi connectivity index (χ2v) is 7.60. The molecule has 0 aromatic heterocycles. The number of carbonyl (C=O) groups is 1. The lowest BCUT2D eigenvalue weighted by molar-refractivity contribution is -0.129. The summed E-state index contributed by atoms with van der Waals surface area (Å²) in [5.74, 6) is -0.0972. The van der Waals surface area contributed by atoms with Gasteiger partial charge in [0, 0.05) is 18.8 Å². The number of sulfone groups is 1. The number of carbonyl (C=O) groups excluding carboxylic acids is 1. The summed E-state index contributed by atoms with van der Waals surface area (Å²) in [6, 6.07) is 10.3. The number of piperidine rings is 1. The van der Waals surface area contributed by atoms with E-state index in [-0.39, 0.29) is 17.4 Å². The molecule has 0 unspecified atom stereocenters. The summed E-state index contributed by atoms with van der Waals surface area (Å²) in [5.41, 5.74) is 1.31. The van der Waals surface area contributed by atoms with E-state index in [1.54, 1.807) is 11.8 Å². The second-order valence-electron chi connectivity index (χ2n) is 5.24. The van der Waals surface area contributed by atoms with Gasteiger partial charge in [0.25, 0.3) is 0 Å². The van der Waals surface area contributed by atoms with Gasteiger partial charge in [0.2, 0.25) is 5.91 Å². The number of benzene rings is 1. The van der Waals surface area contributed by atoms with Crippen molar-refractivity contribution in [2.45, 2.75) is 25.7 Å². The first kappa shape index (κ1) is 15.0. The molecule has 1 heterocycles. The number of nitrogens with zero attached hydrogens (tertiary/aromatic N) is 1. The smallest absolute Gasteiger partial charge is 0.237 e. The molecular formula is C15H21NO3S. The first-order valence-electron chi connectivity index (χ1n) is 7.05. The number of likely N-dealkylation sites (tertiary alicyclic amines) is 1. The topological polar surface area (TPSA) is 54.5 Å². The Labute approximate surface area is 120 Å². The molecule has 0 radical (unpaired) electrons. The quantitative estimate of drug-likeness (QED) is 0.851. The van der Waals surface area contributed by atoms with Crippen LogP contribution in [0.1, 0.15) is 31.2 Å². The molecule has 5 heteroatoms. The number of hydrogen-bond acceptors (Lipinski definition) is 3. The first-order chi connectivity index (χ1) is 9.52. The van der Waals surface area contributed by atoms with Crippen molar-refractivity contribution in [1.82, 2.24) is 4.90 Å². The average Bonchev–Trinajstić information content (AvgIpc) is 2.48. The fourth-order valence-electron chi connectivity index (χ4n) is 2.57. The Hall–Kier alpha value is -1.36. The molecule has 1 saturated heterocycles. The summed E-state index contributed by atoms with van der Waals surface area (Å²) < 4.78 is 23.0. The van der Waals surface area contributed by atoms with Crippen molar-refractivity contribution in [1.29, 1.82) is 0 Å². The molecule has 0 bridgehead atoms. The normalized spacial score (nSPS) is 17.1. The minimum atomic E-state index is -3.22. The van der Waals surface area contributed by atoms with Gasteiger partial charge in [-0.25, -0.2) is 8.42 Å². The van der Waals surface area contributed by atoms with E-state index in [0.29, 0.717) is 19.0 Å². The van der Waals surface area contributed by atoms with Crippen LogP contribution in [-0.4, -0.2) is 43.8 Å². The molecule has 0 spiro atoms. The Balaban J connectivity index is 1.90. The fraction of sp³-hybridized carbons (Fsp3) is 0.533. The Morgan fingerprint density at radius 3 is 2.35 bits per heavy atom. The average molecular weight is 295 g/mol. The van der Waals surface area contributed by atoms with E-state index in [4.69, 9.17) is 0 Å². The minimum absolute atomic E-state index is 0.0270. The first-order valence-corrected chi connectivity index (χ1v) is 8.87. The van der Waals surface area contributed by atoms with Crippen molar-refractivity contribution < 1.29 is 13.2 Å². The van der Waals surface area contributed by atoms with E-state index in [2.05, 4.69) is 12.1 Å². The third-order valence-corrected chi connectivity index (χ3v) is 5.47. The van der Waals surface area contributed by atoms with Crippen LogP contribution in [-0.2, 0) is 14.6 Å². The van der Waals surface area contributed by atoms with Gasteiger partial charge in [-0.1, -0.05) is 37.3 Å². The zero-order valence-electron chi connectivity index (χ0n) is 11.8. The molecule has 1 aliphatic heterocycles. The highest BCUT2D eigenvalue weighted by Gasteiger charge is 2.26. The molecule has 0 aliphatic carbocycles. The lowest BCUT2D eigenvalue weighted by Gasteiger charge is -2.32. The van der Waals surface area contributed by atoms with Gasteiger partial charge in [-0.3, -0.25) is 4.79 Å². The van der Waals surface area contributed by atoms with E-state index in [0.717, 1.165) is 12.8 Å². The highest BCUT2D eigenvalue weighted by atomic mass is 32.2. The van der Waals surface area contributed by atoms with Gasteiger partial charge in [-0.15, -0.1) is 0 Å². The van der Waals surface area contributed by atoms with E-state index in [1.165, 1.54) is 5.56 Å². The summed E-state index contributed by atoms with van der Waals surface area (Å²) >= 11 is 0. The van der Waals surface area contributed by atoms with Gasteiger partial charge in [0.05, 0.1) is 0 Å². The van der Waals surface area contributed by atoms with Gasteiger partial charge in [0.15, 0.2) is 9.84 Å². The van der Waals surface area contributed by atoms with Crippen LogP contribution < -0.4 is 0 Å². The van der Waals surface area contributed by atoms with Crippen LogP contribution in [0.4, 0.5) is 0 Å². The fourth-order valence-corrected chi connectivity index (χ4v) is 3.33. The summed E-state index contributed by atoms with van der Waals surface area (Å²) in [6.45, 7) is 2.87. The van der Waals surface area contributed by atoms with Crippen molar-refractivity contribution in [2.75, 3.05) is 24.6 Å². The molecule has 1 aromatic rings. The largest absolute Gasteiger partial charge is 0.342 e. The van der Waals surface area contributed by atoms with Crippen molar-refractivity contribution in [3.8, 4) is 0 Å². The molecule has 1 aromatic carbocycles. The molecule has 20 heavy (non-hydrogen) atoms. The zero-order valence-corrected chi connectivity index (χ0v) is 12.6. The molecule has 1 fully saturated rings. The maximum Gasteiger partial charge on any atom is 0.237 e. The third kappa shape index (κ3) is 3.82. The molecule has 2 rings (SSSR count). The van der Waals surface area contributed by atoms with Crippen LogP contribution in [0.25, 0.3) is 0 Å². The Morgan fingerprint density at radius 2 is 1.80 bits per heavy atom. The second kappa shape index (κ2) is 6.39. The molecule has 1 amide bonds. The summed E-state index contributed by atoms with van der Waals surface area (Å²) in [4.78, 5) is 13.6. The third-order valence-electron chi connectivity index (χ3n) is 3.90. The highest BCUT2D eigenvalue weighted by Crippen LogP contribution is 2.27. The monoisotopic (exact) mass is 295 g/mol. The predicted molar refractivity (Wildman–Crippen MR) is 79.3 cm³/mol. The molecule has 4 nitrogen and oxygen atoms in total. The maximum atomic E-state index is 12.0. The van der Waals surface area contributed by atoms with Gasteiger partial charge >= 0.3 is 0 Å². The van der Waals surface area contributed by atoms with Crippen LogP contribution in [0, 0.1) is 0 Å². The summed E-state index contributed by atoms with van der Waals surface area (Å²) in [6.07, 6.45) is 1.81. The molecule has 110 valence electrons. The Bertz CT molecular complexity index is 546. The molecule has 0 atom stereocenters. The zero-order chi connectivity index (χ0) is 14.6. The molecular weight excluding hydrogens is 274 g/mol. The van der Waals surface area contributed by atoms with Gasteiger partial charge in [-0.05, 0) is 24.3 Å². The van der Waals surface area contributed by atoms with E-state index in [1.807, 2.05) is 18.2 Å². The molecule has 0 saturated carbocycles. The lowest BCUT2D eigenvalue weighted by Crippen LogP contribution is -2.41. The van der Waals surface area contributed by atoms with Crippen LogP contribution in [0.5, 0.6) is 0 Å². The Kier molecular flexibility index (Phi) is 4.81. The SMILES string of the molecule is CCS(=O)(=O)CC(=O)N1CCC(c2ccccc2)CC1. The van der Waals surface area contributed by atoms with Gasteiger partial charge in [0.1, 0.15) is 5.75 Å². The number of rotatable bonds is 4. The van der Waals surface area contributed by atoms with Crippen molar-refractivity contribution in [3.05, 3.63) is 35.9 Å². The Morgan fingerprint density at radius 1 is 1.20 bits per heavy atom. The van der Waals surface area contributed by atoms with Crippen molar-refractivity contribution in [3.63, 3.8) is 0 Å². The van der Waals surface area contributed by atoms with Crippen LogP contribution >= 0.6 is 0 Å². The van der Waals surface area contributed by atoms with Gasteiger partial charge in [-0.2, -0.15) is 0 Å². The van der Waals surface area contributed by atoms with Crippen LogP contribution in [0.2, 0.25) is 0 Å². The maximum absolute atomic E-state index is 12.0. The van der Waals surface area contributed by atoms with Crippen molar-refractivity contribution >= 4 is 15.7 Å². The standard InChI is InChI=1S/C15H21NO3S/c1-2-20(18,19)12-15(17)16-10-8-14(9-11-16)13-6-4-3-5-7-13/h3-7,14H,2,8-12H2,1H3. The van der Waals surface area contributed by atoms with E-state index in [9.17, 15) is 13.2 Å². The van der Waals surface area contributed by atoms with E-state index >= 15 is 0 Å². The highest BCUT2D eigenvalue weighted by molar-refractivity contribution is 7.92. The van der Waals surface area contributed by atoms with Crippen LogP contribution in [0.3, 0.4) is 0 Å². The van der Waals surface area contributed by atoms with Crippen LogP contribution in [0.15, 0.2) is 30.3 Å². The van der Waals surface area contributed by atoms with E-state index < -0.39 is 9.84 Å².